The van der Waals surface area contributed by atoms with Crippen LogP contribution in [0.1, 0.15) is 12.0 Å². The summed E-state index contributed by atoms with van der Waals surface area (Å²) in [6.45, 7) is 1.35. The van der Waals surface area contributed by atoms with E-state index in [9.17, 15) is 8.78 Å². The summed E-state index contributed by atoms with van der Waals surface area (Å²) in [7, 11) is 0. The Kier molecular flexibility index (Phi) is 5.51. The van der Waals surface area contributed by atoms with Crippen molar-refractivity contribution >= 4 is 0 Å². The van der Waals surface area contributed by atoms with E-state index in [1.807, 2.05) is 24.3 Å². The first kappa shape index (κ1) is 15.3. The van der Waals surface area contributed by atoms with Gasteiger partial charge in [0.25, 0.3) is 0 Å². The zero-order valence-corrected chi connectivity index (χ0v) is 11.5. The third-order valence-corrected chi connectivity index (χ3v) is 2.88. The number of halogens is 2. The molecule has 0 saturated heterocycles. The zero-order chi connectivity index (χ0) is 15.1. The van der Waals surface area contributed by atoms with Crippen LogP contribution in [0.4, 0.5) is 8.78 Å². The fraction of sp³-hybridized carbons (Fsp3) is 0.250. The molecule has 0 aliphatic carbocycles. The van der Waals surface area contributed by atoms with Crippen LogP contribution in [0.15, 0.2) is 42.5 Å². The van der Waals surface area contributed by atoms with Gasteiger partial charge < -0.3 is 15.2 Å². The van der Waals surface area contributed by atoms with Crippen molar-refractivity contribution in [3.8, 4) is 11.5 Å². The van der Waals surface area contributed by atoms with Crippen LogP contribution in [0.5, 0.6) is 11.5 Å². The van der Waals surface area contributed by atoms with Gasteiger partial charge in [0.15, 0.2) is 11.6 Å². The van der Waals surface area contributed by atoms with Crippen molar-refractivity contribution in [3.63, 3.8) is 0 Å². The van der Waals surface area contributed by atoms with Crippen LogP contribution in [0.2, 0.25) is 0 Å². The molecule has 0 bridgehead atoms. The maximum Gasteiger partial charge on any atom is 0.162 e. The molecule has 0 spiro atoms. The van der Waals surface area contributed by atoms with Gasteiger partial charge in [-0.15, -0.1) is 0 Å². The molecule has 0 unspecified atom stereocenters. The van der Waals surface area contributed by atoms with Crippen molar-refractivity contribution < 1.29 is 18.3 Å². The lowest BCUT2D eigenvalue weighted by Gasteiger charge is -2.08. The number of nitrogens with two attached hydrogens (primary N) is 1. The van der Waals surface area contributed by atoms with E-state index >= 15 is 0 Å². The Labute approximate surface area is 122 Å². The average molecular weight is 293 g/mol. The quantitative estimate of drug-likeness (QED) is 0.797. The summed E-state index contributed by atoms with van der Waals surface area (Å²) in [5.41, 5.74) is 6.55. The molecule has 0 aliphatic rings. The summed E-state index contributed by atoms with van der Waals surface area (Å²) in [4.78, 5) is 0. The molecule has 2 N–H and O–H groups in total. The summed E-state index contributed by atoms with van der Waals surface area (Å²) in [6, 6.07) is 11.0. The second kappa shape index (κ2) is 7.59. The number of hydrogen-bond donors (Lipinski definition) is 1. The largest absolute Gasteiger partial charge is 0.493 e. The fourth-order valence-electron chi connectivity index (χ4n) is 1.73. The van der Waals surface area contributed by atoms with Gasteiger partial charge in [-0.25, -0.2) is 8.78 Å². The number of hydrogen-bond acceptors (Lipinski definition) is 3. The molecular formula is C16H17F2NO2. The predicted molar refractivity (Wildman–Crippen MR) is 76.3 cm³/mol. The van der Waals surface area contributed by atoms with Crippen LogP contribution in [0.3, 0.4) is 0 Å². The molecule has 0 saturated carbocycles. The molecule has 2 aromatic carbocycles. The molecule has 2 aromatic rings. The SMILES string of the molecule is NCc1ccc(OCCCOc2ccc(F)c(F)c2)cc1. The highest BCUT2D eigenvalue weighted by molar-refractivity contribution is 5.27. The summed E-state index contributed by atoms with van der Waals surface area (Å²) < 4.78 is 36.5. The van der Waals surface area contributed by atoms with Crippen molar-refractivity contribution in [3.05, 3.63) is 59.7 Å². The van der Waals surface area contributed by atoms with E-state index in [0.717, 1.165) is 23.4 Å². The Morgan fingerprint density at radius 3 is 2.05 bits per heavy atom. The minimum atomic E-state index is -0.913. The summed E-state index contributed by atoms with van der Waals surface area (Å²) in [5, 5.41) is 0. The lowest BCUT2D eigenvalue weighted by Crippen LogP contribution is -2.05. The number of ether oxygens (including phenoxy) is 2. The van der Waals surface area contributed by atoms with Crippen LogP contribution < -0.4 is 15.2 Å². The van der Waals surface area contributed by atoms with Gasteiger partial charge >= 0.3 is 0 Å². The normalized spacial score (nSPS) is 10.4. The van der Waals surface area contributed by atoms with Crippen molar-refractivity contribution in [1.82, 2.24) is 0 Å². The van der Waals surface area contributed by atoms with Gasteiger partial charge in [-0.3, -0.25) is 0 Å². The number of benzene rings is 2. The van der Waals surface area contributed by atoms with E-state index in [1.54, 1.807) is 0 Å². The Morgan fingerprint density at radius 1 is 0.810 bits per heavy atom. The molecule has 21 heavy (non-hydrogen) atoms. The van der Waals surface area contributed by atoms with Gasteiger partial charge in [-0.1, -0.05) is 12.1 Å². The standard InChI is InChI=1S/C16H17F2NO2/c17-15-7-6-14(10-16(15)18)21-9-1-8-20-13-4-2-12(11-19)3-5-13/h2-7,10H,1,8-9,11,19H2. The molecule has 2 rings (SSSR count). The first-order chi connectivity index (χ1) is 10.2. The highest BCUT2D eigenvalue weighted by Crippen LogP contribution is 2.16. The van der Waals surface area contributed by atoms with Crippen molar-refractivity contribution in [2.45, 2.75) is 13.0 Å². The minimum absolute atomic E-state index is 0.307. The molecule has 5 heteroatoms. The van der Waals surface area contributed by atoms with Crippen LogP contribution >= 0.6 is 0 Å². The molecular weight excluding hydrogens is 276 g/mol. The second-order valence-electron chi connectivity index (χ2n) is 4.47. The zero-order valence-electron chi connectivity index (χ0n) is 11.5. The van der Waals surface area contributed by atoms with E-state index in [1.165, 1.54) is 6.07 Å². The van der Waals surface area contributed by atoms with E-state index in [0.29, 0.717) is 31.9 Å². The highest BCUT2D eigenvalue weighted by atomic mass is 19.2. The average Bonchev–Trinajstić information content (AvgIpc) is 2.51. The van der Waals surface area contributed by atoms with E-state index < -0.39 is 11.6 Å². The molecule has 0 fully saturated rings. The molecule has 0 radical (unpaired) electrons. The Hall–Kier alpha value is -2.14. The third kappa shape index (κ3) is 4.72. The molecule has 0 aromatic heterocycles. The lowest BCUT2D eigenvalue weighted by molar-refractivity contribution is 0.246. The van der Waals surface area contributed by atoms with Gasteiger partial charge in [0.1, 0.15) is 11.5 Å². The van der Waals surface area contributed by atoms with Gasteiger partial charge in [-0.05, 0) is 29.8 Å². The van der Waals surface area contributed by atoms with E-state index in [2.05, 4.69) is 0 Å². The maximum absolute atomic E-state index is 12.9. The summed E-state index contributed by atoms with van der Waals surface area (Å²) in [5.74, 6) is -0.725. The highest BCUT2D eigenvalue weighted by Gasteiger charge is 2.03. The third-order valence-electron chi connectivity index (χ3n) is 2.88. The van der Waals surface area contributed by atoms with Crippen LogP contribution in [0, 0.1) is 11.6 Å². The van der Waals surface area contributed by atoms with E-state index in [4.69, 9.17) is 15.2 Å². The lowest BCUT2D eigenvalue weighted by atomic mass is 10.2. The van der Waals surface area contributed by atoms with Gasteiger partial charge in [0.05, 0.1) is 13.2 Å². The monoisotopic (exact) mass is 293 g/mol. The number of rotatable bonds is 7. The smallest absolute Gasteiger partial charge is 0.162 e. The van der Waals surface area contributed by atoms with Crippen LogP contribution in [-0.4, -0.2) is 13.2 Å². The second-order valence-corrected chi connectivity index (χ2v) is 4.47. The first-order valence-corrected chi connectivity index (χ1v) is 6.68. The maximum atomic E-state index is 12.9. The molecule has 0 aliphatic heterocycles. The van der Waals surface area contributed by atoms with Gasteiger partial charge in [0.2, 0.25) is 0 Å². The van der Waals surface area contributed by atoms with Gasteiger partial charge in [-0.2, -0.15) is 0 Å². The van der Waals surface area contributed by atoms with E-state index in [-0.39, 0.29) is 0 Å². The molecule has 0 atom stereocenters. The Balaban J connectivity index is 1.68. The van der Waals surface area contributed by atoms with Crippen LogP contribution in [-0.2, 0) is 6.54 Å². The topological polar surface area (TPSA) is 44.5 Å². The summed E-state index contributed by atoms with van der Waals surface area (Å²) in [6.07, 6.45) is 0.637. The Morgan fingerprint density at radius 2 is 1.43 bits per heavy atom. The molecule has 0 amide bonds. The Bertz CT molecular complexity index is 573. The van der Waals surface area contributed by atoms with Crippen molar-refractivity contribution in [1.29, 1.82) is 0 Å². The van der Waals surface area contributed by atoms with Crippen molar-refractivity contribution in [2.24, 2.45) is 5.73 Å². The first-order valence-electron chi connectivity index (χ1n) is 6.68. The van der Waals surface area contributed by atoms with Crippen LogP contribution in [0.25, 0.3) is 0 Å². The van der Waals surface area contributed by atoms with Crippen molar-refractivity contribution in [2.75, 3.05) is 13.2 Å². The summed E-state index contributed by atoms with van der Waals surface area (Å²) >= 11 is 0. The fourth-order valence-corrected chi connectivity index (χ4v) is 1.73. The molecule has 3 nitrogen and oxygen atoms in total. The molecule has 112 valence electrons. The predicted octanol–water partition coefficient (Wildman–Crippen LogP) is 3.27. The molecule has 0 heterocycles. The van der Waals surface area contributed by atoms with Gasteiger partial charge in [0, 0.05) is 19.0 Å². The minimum Gasteiger partial charge on any atom is -0.493 e.